The van der Waals surface area contributed by atoms with E-state index in [1.807, 2.05) is 35.7 Å². The fourth-order valence-corrected chi connectivity index (χ4v) is 1.17. The van der Waals surface area contributed by atoms with E-state index in [0.717, 1.165) is 11.5 Å². The van der Waals surface area contributed by atoms with Gasteiger partial charge in [-0.15, -0.1) is 35.0 Å². The van der Waals surface area contributed by atoms with Gasteiger partial charge in [0.1, 0.15) is 0 Å². The molecule has 0 fully saturated rings. The van der Waals surface area contributed by atoms with Crippen LogP contribution in [-0.2, 0) is 0 Å². The van der Waals surface area contributed by atoms with Crippen LogP contribution in [0.3, 0.4) is 0 Å². The quantitative estimate of drug-likeness (QED) is 0.816. The summed E-state index contributed by atoms with van der Waals surface area (Å²) in [6.45, 7) is 1.89. The molecule has 0 aromatic carbocycles. The third-order valence-corrected chi connectivity index (χ3v) is 1.75. The Morgan fingerprint density at radius 1 is 1.29 bits per heavy atom. The molecule has 2 heterocycles. The summed E-state index contributed by atoms with van der Waals surface area (Å²) >= 11 is 0. The largest absolute Gasteiger partial charge is 0.322 e. The minimum Gasteiger partial charge on any atom is -0.322 e. The molecule has 0 aliphatic heterocycles. The van der Waals surface area contributed by atoms with Crippen molar-refractivity contribution < 1.29 is 0 Å². The third-order valence-electron chi connectivity index (χ3n) is 1.75. The summed E-state index contributed by atoms with van der Waals surface area (Å²) in [6.07, 6.45) is 1.91. The van der Waals surface area contributed by atoms with Crippen LogP contribution in [0.25, 0.3) is 5.65 Å². The van der Waals surface area contributed by atoms with E-state index in [1.165, 1.54) is 0 Å². The Bertz CT molecular complexity index is 399. The molecule has 4 nitrogen and oxygen atoms in total. The summed E-state index contributed by atoms with van der Waals surface area (Å²) in [6, 6.07) is 5.68. The zero-order valence-corrected chi connectivity index (χ0v) is 9.26. The molecule has 0 bridgehead atoms. The number of hydrogen-bond donors (Lipinski definition) is 1. The molecule has 2 aromatic heterocycles. The fourth-order valence-electron chi connectivity index (χ4n) is 1.17. The molecule has 0 radical (unpaired) electrons. The highest BCUT2D eigenvalue weighted by Gasteiger charge is 2.07. The van der Waals surface area contributed by atoms with Crippen molar-refractivity contribution in [2.24, 2.45) is 5.73 Å². The van der Waals surface area contributed by atoms with E-state index in [9.17, 15) is 0 Å². The summed E-state index contributed by atoms with van der Waals surface area (Å²) in [7, 11) is 0. The van der Waals surface area contributed by atoms with Crippen molar-refractivity contribution in [2.45, 2.75) is 13.0 Å². The van der Waals surface area contributed by atoms with Gasteiger partial charge < -0.3 is 5.73 Å². The van der Waals surface area contributed by atoms with Gasteiger partial charge in [0.2, 0.25) is 0 Å². The molecule has 2 rings (SSSR count). The van der Waals surface area contributed by atoms with Crippen LogP contribution in [0.15, 0.2) is 24.4 Å². The maximum absolute atomic E-state index is 5.70. The second-order valence-electron chi connectivity index (χ2n) is 2.78. The average molecular weight is 235 g/mol. The lowest BCUT2D eigenvalue weighted by atomic mass is 10.3. The lowest BCUT2D eigenvalue weighted by Gasteiger charge is -2.00. The fraction of sp³-hybridized carbons (Fsp3) is 0.250. The Balaban J connectivity index is 0.000000845. The highest BCUT2D eigenvalue weighted by molar-refractivity contribution is 5.85. The molecular formula is C8H12Cl2N4. The van der Waals surface area contributed by atoms with Crippen LogP contribution in [0.2, 0.25) is 0 Å². The zero-order chi connectivity index (χ0) is 8.55. The predicted molar refractivity (Wildman–Crippen MR) is 60.1 cm³/mol. The molecule has 0 saturated heterocycles. The van der Waals surface area contributed by atoms with Gasteiger partial charge in [0.25, 0.3) is 0 Å². The molecule has 0 unspecified atom stereocenters. The van der Waals surface area contributed by atoms with E-state index in [4.69, 9.17) is 5.73 Å². The Kier molecular flexibility index (Phi) is 4.83. The number of pyridine rings is 1. The van der Waals surface area contributed by atoms with Crippen LogP contribution in [0.1, 0.15) is 18.8 Å². The van der Waals surface area contributed by atoms with Gasteiger partial charge >= 0.3 is 0 Å². The van der Waals surface area contributed by atoms with Crippen molar-refractivity contribution in [3.63, 3.8) is 0 Å². The molecule has 0 saturated carbocycles. The summed E-state index contributed by atoms with van der Waals surface area (Å²) in [5.74, 6) is 0.797. The van der Waals surface area contributed by atoms with Crippen molar-refractivity contribution in [1.29, 1.82) is 0 Å². The van der Waals surface area contributed by atoms with Crippen LogP contribution in [0.5, 0.6) is 0 Å². The normalized spacial score (nSPS) is 11.6. The van der Waals surface area contributed by atoms with Gasteiger partial charge in [0.15, 0.2) is 11.5 Å². The number of halogens is 2. The van der Waals surface area contributed by atoms with Crippen LogP contribution >= 0.6 is 24.8 Å². The Hall–Kier alpha value is -0.840. The monoisotopic (exact) mass is 234 g/mol. The van der Waals surface area contributed by atoms with E-state index in [2.05, 4.69) is 10.2 Å². The molecule has 0 aliphatic carbocycles. The predicted octanol–water partition coefficient (Wildman–Crippen LogP) is 1.59. The summed E-state index contributed by atoms with van der Waals surface area (Å²) < 4.78 is 1.89. The van der Waals surface area contributed by atoms with E-state index in [-0.39, 0.29) is 30.9 Å². The van der Waals surface area contributed by atoms with Gasteiger partial charge in [0.05, 0.1) is 6.04 Å². The maximum Gasteiger partial charge on any atom is 0.160 e. The molecule has 2 aromatic rings. The third kappa shape index (κ3) is 2.15. The molecule has 0 spiro atoms. The number of rotatable bonds is 1. The highest BCUT2D eigenvalue weighted by Crippen LogP contribution is 2.08. The van der Waals surface area contributed by atoms with Crippen molar-refractivity contribution in [1.82, 2.24) is 14.6 Å². The molecule has 78 valence electrons. The molecular weight excluding hydrogens is 223 g/mol. The number of fused-ring (bicyclic) bond motifs is 1. The van der Waals surface area contributed by atoms with Crippen LogP contribution in [0.4, 0.5) is 0 Å². The second-order valence-corrected chi connectivity index (χ2v) is 2.78. The molecule has 14 heavy (non-hydrogen) atoms. The van der Waals surface area contributed by atoms with Gasteiger partial charge in [-0.3, -0.25) is 4.40 Å². The topological polar surface area (TPSA) is 56.2 Å². The number of nitrogens with zero attached hydrogens (tertiary/aromatic N) is 3. The lowest BCUT2D eigenvalue weighted by Crippen LogP contribution is -2.09. The van der Waals surface area contributed by atoms with Gasteiger partial charge in [0, 0.05) is 6.20 Å². The van der Waals surface area contributed by atoms with Crippen LogP contribution in [-0.4, -0.2) is 14.6 Å². The van der Waals surface area contributed by atoms with Crippen LogP contribution in [0, 0.1) is 0 Å². The molecule has 0 aliphatic rings. The van der Waals surface area contributed by atoms with E-state index >= 15 is 0 Å². The Morgan fingerprint density at radius 2 is 2.00 bits per heavy atom. The summed E-state index contributed by atoms with van der Waals surface area (Å²) in [4.78, 5) is 0. The number of aromatic nitrogens is 3. The first-order valence-corrected chi connectivity index (χ1v) is 3.84. The van der Waals surface area contributed by atoms with Crippen molar-refractivity contribution in [2.75, 3.05) is 0 Å². The first-order valence-electron chi connectivity index (χ1n) is 3.84. The van der Waals surface area contributed by atoms with Crippen molar-refractivity contribution in [3.05, 3.63) is 30.2 Å². The minimum atomic E-state index is -0.0811. The molecule has 2 N–H and O–H groups in total. The summed E-state index contributed by atoms with van der Waals surface area (Å²) in [5.41, 5.74) is 6.54. The molecule has 0 amide bonds. The average Bonchev–Trinajstić information content (AvgIpc) is 2.47. The second kappa shape index (κ2) is 5.14. The molecule has 6 heteroatoms. The maximum atomic E-state index is 5.70. The first kappa shape index (κ1) is 13.2. The van der Waals surface area contributed by atoms with E-state index < -0.39 is 0 Å². The van der Waals surface area contributed by atoms with E-state index in [0.29, 0.717) is 0 Å². The van der Waals surface area contributed by atoms with Gasteiger partial charge in [-0.05, 0) is 19.1 Å². The van der Waals surface area contributed by atoms with Crippen molar-refractivity contribution in [3.8, 4) is 0 Å². The standard InChI is InChI=1S/C8H10N4.2ClH/c1-6(9)8-11-10-7-4-2-3-5-12(7)8;;/h2-6H,9H2,1H3;2*1H/t6-;;/m0../s1. The zero-order valence-electron chi connectivity index (χ0n) is 7.62. The lowest BCUT2D eigenvalue weighted by molar-refractivity contribution is 0.726. The highest BCUT2D eigenvalue weighted by atomic mass is 35.5. The SMILES string of the molecule is C[C@H](N)c1nnc2ccccn12.Cl.Cl. The Labute approximate surface area is 94.3 Å². The Morgan fingerprint density at radius 3 is 2.64 bits per heavy atom. The van der Waals surface area contributed by atoms with E-state index in [1.54, 1.807) is 0 Å². The van der Waals surface area contributed by atoms with Gasteiger partial charge in [-0.25, -0.2) is 0 Å². The smallest absolute Gasteiger partial charge is 0.160 e. The number of nitrogens with two attached hydrogens (primary N) is 1. The van der Waals surface area contributed by atoms with Crippen molar-refractivity contribution >= 4 is 30.5 Å². The minimum absolute atomic E-state index is 0. The molecule has 1 atom stereocenters. The number of hydrogen-bond acceptors (Lipinski definition) is 3. The van der Waals surface area contributed by atoms with Gasteiger partial charge in [-0.2, -0.15) is 0 Å². The van der Waals surface area contributed by atoms with Gasteiger partial charge in [-0.1, -0.05) is 6.07 Å². The first-order chi connectivity index (χ1) is 5.79. The summed E-state index contributed by atoms with van der Waals surface area (Å²) in [5, 5.41) is 7.96. The van der Waals surface area contributed by atoms with Crippen LogP contribution < -0.4 is 5.73 Å².